The normalized spacial score (nSPS) is 10.8. The minimum absolute atomic E-state index is 1.08. The number of anilines is 1. The lowest BCUT2D eigenvalue weighted by Gasteiger charge is -2.18. The molecule has 0 aromatic heterocycles. The molecular formula is C15H19N. The van der Waals surface area contributed by atoms with Gasteiger partial charge in [-0.15, -0.1) is 0 Å². The Kier molecular flexibility index (Phi) is 2.86. The van der Waals surface area contributed by atoms with Crippen LogP contribution < -0.4 is 4.90 Å². The van der Waals surface area contributed by atoms with Gasteiger partial charge in [0.15, 0.2) is 0 Å². The molecule has 2 aromatic carbocycles. The number of nitrogens with zero attached hydrogens (tertiary/aromatic N) is 1. The Bertz CT molecular complexity index is 512. The molecule has 0 unspecified atom stereocenters. The lowest BCUT2D eigenvalue weighted by molar-refractivity contribution is 1.07. The van der Waals surface area contributed by atoms with Crippen molar-refractivity contribution >= 4 is 16.5 Å². The van der Waals surface area contributed by atoms with Gasteiger partial charge in [0.05, 0.1) is 0 Å². The maximum Gasteiger partial charge on any atom is 0.0399 e. The Morgan fingerprint density at radius 1 is 1.00 bits per heavy atom. The van der Waals surface area contributed by atoms with Crippen molar-refractivity contribution in [2.75, 3.05) is 19.0 Å². The van der Waals surface area contributed by atoms with E-state index >= 15 is 0 Å². The lowest BCUT2D eigenvalue weighted by atomic mass is 10.0. The van der Waals surface area contributed by atoms with Crippen LogP contribution in [-0.4, -0.2) is 14.1 Å². The summed E-state index contributed by atoms with van der Waals surface area (Å²) in [6, 6.07) is 11.2. The molecule has 16 heavy (non-hydrogen) atoms. The third-order valence-corrected chi connectivity index (χ3v) is 3.06. The summed E-state index contributed by atoms with van der Waals surface area (Å²) >= 11 is 0. The van der Waals surface area contributed by atoms with Crippen LogP contribution in [0.4, 0.5) is 5.69 Å². The SMILES string of the molecule is CCc1cc2cc(C)ccc2cc1N(C)C. The predicted octanol–water partition coefficient (Wildman–Crippen LogP) is 3.78. The molecule has 0 spiro atoms. The molecule has 1 heteroatoms. The van der Waals surface area contributed by atoms with Gasteiger partial charge in [-0.1, -0.05) is 30.7 Å². The number of hydrogen-bond donors (Lipinski definition) is 0. The maximum absolute atomic E-state index is 2.32. The number of hydrogen-bond acceptors (Lipinski definition) is 1. The average Bonchev–Trinajstić information content (AvgIpc) is 2.26. The van der Waals surface area contributed by atoms with E-state index in [1.54, 1.807) is 0 Å². The molecule has 84 valence electrons. The van der Waals surface area contributed by atoms with E-state index in [9.17, 15) is 0 Å². The third kappa shape index (κ3) is 1.90. The summed E-state index contributed by atoms with van der Waals surface area (Å²) in [4.78, 5) is 2.19. The minimum Gasteiger partial charge on any atom is -0.377 e. The molecule has 0 aliphatic heterocycles. The molecule has 0 saturated heterocycles. The van der Waals surface area contributed by atoms with Crippen LogP contribution in [0.3, 0.4) is 0 Å². The van der Waals surface area contributed by atoms with Crippen molar-refractivity contribution in [1.82, 2.24) is 0 Å². The van der Waals surface area contributed by atoms with Gasteiger partial charge in [-0.3, -0.25) is 0 Å². The molecular weight excluding hydrogens is 194 g/mol. The quantitative estimate of drug-likeness (QED) is 0.734. The van der Waals surface area contributed by atoms with E-state index < -0.39 is 0 Å². The number of benzene rings is 2. The molecule has 2 aromatic rings. The number of fused-ring (bicyclic) bond motifs is 1. The highest BCUT2D eigenvalue weighted by atomic mass is 15.1. The smallest absolute Gasteiger partial charge is 0.0399 e. The molecule has 0 heterocycles. The molecule has 0 amide bonds. The van der Waals surface area contributed by atoms with Gasteiger partial charge < -0.3 is 4.90 Å². The van der Waals surface area contributed by atoms with Crippen LogP contribution >= 0.6 is 0 Å². The third-order valence-electron chi connectivity index (χ3n) is 3.06. The highest BCUT2D eigenvalue weighted by molar-refractivity contribution is 5.88. The van der Waals surface area contributed by atoms with Crippen LogP contribution in [-0.2, 0) is 6.42 Å². The average molecular weight is 213 g/mol. The molecule has 1 nitrogen and oxygen atoms in total. The first-order valence-electron chi connectivity index (χ1n) is 5.82. The van der Waals surface area contributed by atoms with Gasteiger partial charge in [0.2, 0.25) is 0 Å². The Morgan fingerprint density at radius 3 is 2.38 bits per heavy atom. The molecule has 0 radical (unpaired) electrons. The lowest BCUT2D eigenvalue weighted by Crippen LogP contribution is -2.11. The predicted molar refractivity (Wildman–Crippen MR) is 72.4 cm³/mol. The van der Waals surface area contributed by atoms with Crippen molar-refractivity contribution in [3.63, 3.8) is 0 Å². The van der Waals surface area contributed by atoms with Crippen LogP contribution in [0.1, 0.15) is 18.1 Å². The monoisotopic (exact) mass is 213 g/mol. The number of aryl methyl sites for hydroxylation is 2. The van der Waals surface area contributed by atoms with Crippen LogP contribution in [0.25, 0.3) is 10.8 Å². The first-order chi connectivity index (χ1) is 7.61. The van der Waals surface area contributed by atoms with Gasteiger partial charge >= 0.3 is 0 Å². The van der Waals surface area contributed by atoms with E-state index in [1.807, 2.05) is 0 Å². The summed E-state index contributed by atoms with van der Waals surface area (Å²) in [7, 11) is 4.21. The second kappa shape index (κ2) is 4.17. The highest BCUT2D eigenvalue weighted by Crippen LogP contribution is 2.27. The topological polar surface area (TPSA) is 3.24 Å². The van der Waals surface area contributed by atoms with E-state index in [1.165, 1.54) is 27.6 Å². The Morgan fingerprint density at radius 2 is 1.75 bits per heavy atom. The molecule has 0 fully saturated rings. The Hall–Kier alpha value is -1.50. The Labute approximate surface area is 97.7 Å². The maximum atomic E-state index is 2.32. The van der Waals surface area contributed by atoms with Gasteiger partial charge in [0.1, 0.15) is 0 Å². The van der Waals surface area contributed by atoms with Gasteiger partial charge in [-0.05, 0) is 41.8 Å². The van der Waals surface area contributed by atoms with Crippen LogP contribution in [0.5, 0.6) is 0 Å². The van der Waals surface area contributed by atoms with Gasteiger partial charge in [-0.25, -0.2) is 0 Å². The fourth-order valence-corrected chi connectivity index (χ4v) is 2.15. The standard InChI is InChI=1S/C15H19N/c1-5-12-9-14-8-11(2)6-7-13(14)10-15(12)16(3)4/h6-10H,5H2,1-4H3. The zero-order chi connectivity index (χ0) is 11.7. The summed E-state index contributed by atoms with van der Waals surface area (Å²) in [6.07, 6.45) is 1.08. The molecule has 0 aliphatic rings. The summed E-state index contributed by atoms with van der Waals surface area (Å²) in [5.74, 6) is 0. The van der Waals surface area contributed by atoms with Crippen molar-refractivity contribution in [2.24, 2.45) is 0 Å². The fraction of sp³-hybridized carbons (Fsp3) is 0.333. The molecule has 2 rings (SSSR count). The number of rotatable bonds is 2. The second-order valence-corrected chi connectivity index (χ2v) is 4.58. The largest absolute Gasteiger partial charge is 0.377 e. The Balaban J connectivity index is 2.70. The van der Waals surface area contributed by atoms with Crippen molar-refractivity contribution in [2.45, 2.75) is 20.3 Å². The molecule has 0 bridgehead atoms. The van der Waals surface area contributed by atoms with E-state index in [0.29, 0.717) is 0 Å². The van der Waals surface area contributed by atoms with Crippen molar-refractivity contribution in [3.8, 4) is 0 Å². The molecule has 0 aliphatic carbocycles. The fourth-order valence-electron chi connectivity index (χ4n) is 2.15. The van der Waals surface area contributed by atoms with Crippen molar-refractivity contribution in [3.05, 3.63) is 41.5 Å². The van der Waals surface area contributed by atoms with Gasteiger partial charge in [-0.2, -0.15) is 0 Å². The van der Waals surface area contributed by atoms with Gasteiger partial charge in [0, 0.05) is 19.8 Å². The van der Waals surface area contributed by atoms with Gasteiger partial charge in [0.25, 0.3) is 0 Å². The second-order valence-electron chi connectivity index (χ2n) is 4.58. The van der Waals surface area contributed by atoms with E-state index in [-0.39, 0.29) is 0 Å². The first-order valence-corrected chi connectivity index (χ1v) is 5.82. The summed E-state index contributed by atoms with van der Waals surface area (Å²) in [5.41, 5.74) is 4.08. The van der Waals surface area contributed by atoms with Crippen LogP contribution in [0, 0.1) is 6.92 Å². The highest BCUT2D eigenvalue weighted by Gasteiger charge is 2.05. The molecule has 0 atom stereocenters. The summed E-state index contributed by atoms with van der Waals surface area (Å²) in [6.45, 7) is 4.36. The van der Waals surface area contributed by atoms with Crippen molar-refractivity contribution in [1.29, 1.82) is 0 Å². The summed E-state index contributed by atoms with van der Waals surface area (Å²) < 4.78 is 0. The van der Waals surface area contributed by atoms with E-state index in [4.69, 9.17) is 0 Å². The van der Waals surface area contributed by atoms with E-state index in [2.05, 4.69) is 63.2 Å². The van der Waals surface area contributed by atoms with Crippen LogP contribution in [0.2, 0.25) is 0 Å². The van der Waals surface area contributed by atoms with E-state index in [0.717, 1.165) is 6.42 Å². The zero-order valence-electron chi connectivity index (χ0n) is 10.5. The van der Waals surface area contributed by atoms with Crippen molar-refractivity contribution < 1.29 is 0 Å². The van der Waals surface area contributed by atoms with Crippen LogP contribution in [0.15, 0.2) is 30.3 Å². The first kappa shape index (κ1) is 11.0. The minimum atomic E-state index is 1.08. The zero-order valence-corrected chi connectivity index (χ0v) is 10.5. The molecule has 0 saturated carbocycles. The molecule has 0 N–H and O–H groups in total. The summed E-state index contributed by atoms with van der Waals surface area (Å²) in [5, 5.41) is 2.67.